The van der Waals surface area contributed by atoms with Crippen molar-refractivity contribution in [2.75, 3.05) is 11.1 Å². The van der Waals surface area contributed by atoms with E-state index in [4.69, 9.17) is 17.3 Å². The number of nitrogens with zero attached hydrogens (tertiary/aromatic N) is 3. The average Bonchev–Trinajstić information content (AvgIpc) is 2.35. The van der Waals surface area contributed by atoms with Crippen molar-refractivity contribution >= 4 is 60.9 Å². The highest BCUT2D eigenvalue weighted by molar-refractivity contribution is 9.11. The Balaban J connectivity index is 2.28. The van der Waals surface area contributed by atoms with Crippen molar-refractivity contribution in [2.24, 2.45) is 0 Å². The predicted molar refractivity (Wildman–Crippen MR) is 79.0 cm³/mol. The van der Waals surface area contributed by atoms with Crippen LogP contribution in [-0.2, 0) is 0 Å². The lowest BCUT2D eigenvalue weighted by Gasteiger charge is -2.07. The van der Waals surface area contributed by atoms with Crippen LogP contribution in [0.5, 0.6) is 0 Å². The fourth-order valence-corrected chi connectivity index (χ4v) is 2.33. The largest absolute Gasteiger partial charge is 0.397 e. The lowest BCUT2D eigenvalue weighted by atomic mass is 10.2. The number of amides is 1. The average molecular weight is 407 g/mol. The van der Waals surface area contributed by atoms with Crippen molar-refractivity contribution in [1.82, 2.24) is 15.0 Å². The first-order valence-electron chi connectivity index (χ1n) is 4.88. The molecular formula is C10H6Br2ClN5O. The standard InChI is InChI=1S/C10H6Br2ClN5O/c11-6-3-16-9(7(12)17-6)18-10(19)5-1-4(14)2-15-8(5)13/h1-3H,14H2,(H,16,18,19). The monoisotopic (exact) mass is 405 g/mol. The molecule has 0 aliphatic heterocycles. The molecule has 0 saturated heterocycles. The minimum Gasteiger partial charge on any atom is -0.397 e. The van der Waals surface area contributed by atoms with Crippen LogP contribution in [-0.4, -0.2) is 20.9 Å². The zero-order chi connectivity index (χ0) is 14.0. The number of nitrogen functional groups attached to an aromatic ring is 1. The zero-order valence-electron chi connectivity index (χ0n) is 9.19. The Morgan fingerprint density at radius 2 is 2.05 bits per heavy atom. The van der Waals surface area contributed by atoms with Crippen LogP contribution in [0.15, 0.2) is 27.7 Å². The van der Waals surface area contributed by atoms with Crippen LogP contribution in [0, 0.1) is 0 Å². The number of nitrogens with two attached hydrogens (primary N) is 1. The summed E-state index contributed by atoms with van der Waals surface area (Å²) in [5, 5.41) is 2.62. The van der Waals surface area contributed by atoms with Gasteiger partial charge < -0.3 is 11.1 Å². The molecule has 0 aliphatic carbocycles. The van der Waals surface area contributed by atoms with E-state index in [1.54, 1.807) is 0 Å². The molecule has 0 spiro atoms. The molecule has 0 atom stereocenters. The Labute approximate surface area is 130 Å². The highest BCUT2D eigenvalue weighted by Crippen LogP contribution is 2.22. The zero-order valence-corrected chi connectivity index (χ0v) is 13.1. The van der Waals surface area contributed by atoms with E-state index in [0.717, 1.165) is 0 Å². The number of halogens is 3. The summed E-state index contributed by atoms with van der Waals surface area (Å²) in [4.78, 5) is 23.9. The molecule has 19 heavy (non-hydrogen) atoms. The number of aromatic nitrogens is 3. The molecule has 9 heteroatoms. The molecule has 0 aromatic carbocycles. The van der Waals surface area contributed by atoms with Crippen LogP contribution >= 0.6 is 43.5 Å². The Hall–Kier alpha value is -1.25. The van der Waals surface area contributed by atoms with Gasteiger partial charge in [0.15, 0.2) is 5.82 Å². The second kappa shape index (κ2) is 5.81. The fraction of sp³-hybridized carbons (Fsp3) is 0. The van der Waals surface area contributed by atoms with Crippen LogP contribution in [0.3, 0.4) is 0 Å². The minimum absolute atomic E-state index is 0.0629. The normalized spacial score (nSPS) is 10.3. The van der Waals surface area contributed by atoms with Gasteiger partial charge in [-0.2, -0.15) is 0 Å². The van der Waals surface area contributed by atoms with Crippen molar-refractivity contribution in [3.63, 3.8) is 0 Å². The second-order valence-corrected chi connectivity index (χ2v) is 5.31. The molecule has 2 aromatic heterocycles. The van der Waals surface area contributed by atoms with Gasteiger partial charge in [0, 0.05) is 0 Å². The van der Waals surface area contributed by atoms with Crippen molar-refractivity contribution < 1.29 is 4.79 Å². The number of carbonyl (C=O) groups is 1. The van der Waals surface area contributed by atoms with Gasteiger partial charge >= 0.3 is 0 Å². The van der Waals surface area contributed by atoms with Gasteiger partial charge in [0.25, 0.3) is 5.91 Å². The highest BCUT2D eigenvalue weighted by atomic mass is 79.9. The van der Waals surface area contributed by atoms with E-state index in [2.05, 4.69) is 52.1 Å². The summed E-state index contributed by atoms with van der Waals surface area (Å²) in [6.07, 6.45) is 2.83. The Kier molecular flexibility index (Phi) is 4.33. The molecule has 3 N–H and O–H groups in total. The third kappa shape index (κ3) is 3.40. The van der Waals surface area contributed by atoms with Crippen molar-refractivity contribution in [3.8, 4) is 0 Å². The molecule has 2 rings (SSSR count). The number of anilines is 2. The highest BCUT2D eigenvalue weighted by Gasteiger charge is 2.14. The maximum atomic E-state index is 12.0. The smallest absolute Gasteiger partial charge is 0.260 e. The molecule has 0 aliphatic rings. The van der Waals surface area contributed by atoms with E-state index in [1.807, 2.05) is 0 Å². The molecule has 1 amide bonds. The van der Waals surface area contributed by atoms with E-state index in [0.29, 0.717) is 14.9 Å². The first-order valence-corrected chi connectivity index (χ1v) is 6.84. The van der Waals surface area contributed by atoms with E-state index >= 15 is 0 Å². The number of pyridine rings is 1. The van der Waals surface area contributed by atoms with Gasteiger partial charge in [-0.1, -0.05) is 11.6 Å². The third-order valence-corrected chi connectivity index (χ3v) is 3.27. The lowest BCUT2D eigenvalue weighted by molar-refractivity contribution is 0.102. The van der Waals surface area contributed by atoms with Gasteiger partial charge in [0.1, 0.15) is 14.4 Å². The molecular weight excluding hydrogens is 401 g/mol. The van der Waals surface area contributed by atoms with Gasteiger partial charge in [0.2, 0.25) is 0 Å². The Bertz CT molecular complexity index is 652. The summed E-state index contributed by atoms with van der Waals surface area (Å²) in [5.74, 6) is -0.200. The number of hydrogen-bond acceptors (Lipinski definition) is 5. The van der Waals surface area contributed by atoms with E-state index in [1.165, 1.54) is 18.5 Å². The molecule has 0 unspecified atom stereocenters. The first kappa shape index (κ1) is 14.2. The summed E-state index contributed by atoms with van der Waals surface area (Å²) in [6.45, 7) is 0. The molecule has 0 radical (unpaired) electrons. The molecule has 98 valence electrons. The van der Waals surface area contributed by atoms with Gasteiger partial charge in [0.05, 0.1) is 23.6 Å². The molecule has 0 bridgehead atoms. The summed E-state index contributed by atoms with van der Waals surface area (Å²) >= 11 is 12.2. The topological polar surface area (TPSA) is 93.8 Å². The lowest BCUT2D eigenvalue weighted by Crippen LogP contribution is -2.15. The van der Waals surface area contributed by atoms with Gasteiger partial charge in [-0.15, -0.1) is 0 Å². The molecule has 0 fully saturated rings. The maximum absolute atomic E-state index is 12.0. The molecule has 0 saturated carbocycles. The first-order chi connectivity index (χ1) is 8.97. The van der Waals surface area contributed by atoms with Crippen LogP contribution in [0.2, 0.25) is 5.15 Å². The summed E-state index contributed by atoms with van der Waals surface area (Å²) in [5.41, 5.74) is 6.07. The summed E-state index contributed by atoms with van der Waals surface area (Å²) in [7, 11) is 0. The minimum atomic E-state index is -0.470. The number of nitrogens with one attached hydrogen (secondary N) is 1. The van der Waals surface area contributed by atoms with Crippen molar-refractivity contribution in [1.29, 1.82) is 0 Å². The third-order valence-electron chi connectivity index (χ3n) is 2.04. The molecule has 2 aromatic rings. The quantitative estimate of drug-likeness (QED) is 0.747. The van der Waals surface area contributed by atoms with E-state index in [-0.39, 0.29) is 16.5 Å². The Morgan fingerprint density at radius 1 is 1.32 bits per heavy atom. The van der Waals surface area contributed by atoms with Crippen molar-refractivity contribution in [2.45, 2.75) is 0 Å². The van der Waals surface area contributed by atoms with Gasteiger partial charge in [-0.05, 0) is 37.9 Å². The maximum Gasteiger partial charge on any atom is 0.260 e. The van der Waals surface area contributed by atoms with E-state index in [9.17, 15) is 4.79 Å². The molecule has 6 nitrogen and oxygen atoms in total. The SMILES string of the molecule is Nc1cnc(Cl)c(C(=O)Nc2ncc(Br)nc2Br)c1. The van der Waals surface area contributed by atoms with Crippen molar-refractivity contribution in [3.05, 3.63) is 38.4 Å². The van der Waals surface area contributed by atoms with Crippen LogP contribution < -0.4 is 11.1 Å². The van der Waals surface area contributed by atoms with Crippen LogP contribution in [0.4, 0.5) is 11.5 Å². The fourth-order valence-electron chi connectivity index (χ4n) is 1.23. The van der Waals surface area contributed by atoms with Gasteiger partial charge in [-0.25, -0.2) is 15.0 Å². The number of rotatable bonds is 2. The summed E-state index contributed by atoms with van der Waals surface area (Å²) < 4.78 is 0.934. The van der Waals surface area contributed by atoms with Crippen LogP contribution in [0.1, 0.15) is 10.4 Å². The Morgan fingerprint density at radius 3 is 2.74 bits per heavy atom. The number of hydrogen-bond donors (Lipinski definition) is 2. The van der Waals surface area contributed by atoms with Crippen LogP contribution in [0.25, 0.3) is 0 Å². The number of carbonyl (C=O) groups excluding carboxylic acids is 1. The predicted octanol–water partition coefficient (Wildman–Crippen LogP) is 2.88. The summed E-state index contributed by atoms with van der Waals surface area (Å²) in [6, 6.07) is 1.44. The van der Waals surface area contributed by atoms with Gasteiger partial charge in [-0.3, -0.25) is 4.79 Å². The van der Waals surface area contributed by atoms with E-state index < -0.39 is 5.91 Å². The molecule has 2 heterocycles. The second-order valence-electron chi connectivity index (χ2n) is 3.39.